The van der Waals surface area contributed by atoms with Crippen LogP contribution in [0.2, 0.25) is 0 Å². The molecule has 0 saturated carbocycles. The Bertz CT molecular complexity index is 226. The topological polar surface area (TPSA) is 6.48 Å². The molecule has 0 bridgehead atoms. The van der Waals surface area contributed by atoms with Crippen molar-refractivity contribution in [2.24, 2.45) is 11.8 Å². The molecule has 2 rings (SSSR count). The van der Waals surface area contributed by atoms with Gasteiger partial charge >= 0.3 is 0 Å². The first kappa shape index (κ1) is 13.8. The van der Waals surface area contributed by atoms with Crippen molar-refractivity contribution in [3.63, 3.8) is 0 Å². The fraction of sp³-hybridized carbons (Fsp3) is 1.00. The van der Waals surface area contributed by atoms with Gasteiger partial charge in [0.2, 0.25) is 0 Å². The zero-order valence-corrected chi connectivity index (χ0v) is 13.0. The van der Waals surface area contributed by atoms with Crippen molar-refractivity contribution in [2.75, 3.05) is 38.1 Å². The second kappa shape index (κ2) is 6.53. The van der Waals surface area contributed by atoms with E-state index in [0.717, 1.165) is 23.2 Å². The zero-order valence-electron chi connectivity index (χ0n) is 11.4. The van der Waals surface area contributed by atoms with E-state index in [2.05, 4.69) is 39.6 Å². The fourth-order valence-corrected chi connectivity index (χ4v) is 4.10. The van der Waals surface area contributed by atoms with Gasteiger partial charge in [-0.1, -0.05) is 29.8 Å². The van der Waals surface area contributed by atoms with Gasteiger partial charge in [-0.15, -0.1) is 0 Å². The lowest BCUT2D eigenvalue weighted by Gasteiger charge is -2.27. The highest BCUT2D eigenvalue weighted by atomic mass is 79.9. The van der Waals surface area contributed by atoms with Gasteiger partial charge in [-0.2, -0.15) is 0 Å². The number of hydrogen-bond donors (Lipinski definition) is 0. The third-order valence-electron chi connectivity index (χ3n) is 4.54. The van der Waals surface area contributed by atoms with E-state index in [4.69, 9.17) is 0 Å². The summed E-state index contributed by atoms with van der Waals surface area (Å²) in [7, 11) is 0. The van der Waals surface area contributed by atoms with Gasteiger partial charge in [0.1, 0.15) is 0 Å². The molecule has 0 aliphatic carbocycles. The van der Waals surface area contributed by atoms with Crippen LogP contribution in [0.3, 0.4) is 0 Å². The molecule has 3 heteroatoms. The summed E-state index contributed by atoms with van der Waals surface area (Å²) >= 11 is 3.67. The molecule has 2 heterocycles. The van der Waals surface area contributed by atoms with E-state index in [1.807, 2.05) is 0 Å². The standard InChI is InChI=1S/C14H27BrN2/c1-12(2)13(9-15)10-16-8-5-14(11-16)17-6-3-4-7-17/h12-14H,3-11H2,1-2H3. The molecule has 100 valence electrons. The maximum absolute atomic E-state index is 3.67. The summed E-state index contributed by atoms with van der Waals surface area (Å²) < 4.78 is 0. The number of alkyl halides is 1. The molecule has 0 aromatic heterocycles. The Kier molecular flexibility index (Phi) is 5.31. The van der Waals surface area contributed by atoms with Crippen LogP contribution < -0.4 is 0 Å². The first-order valence-electron chi connectivity index (χ1n) is 7.23. The highest BCUT2D eigenvalue weighted by Crippen LogP contribution is 2.23. The Hall–Kier alpha value is 0.400. The number of halogens is 1. The van der Waals surface area contributed by atoms with Crippen LogP contribution in [0.15, 0.2) is 0 Å². The monoisotopic (exact) mass is 302 g/mol. The van der Waals surface area contributed by atoms with Crippen molar-refractivity contribution in [1.82, 2.24) is 9.80 Å². The molecule has 2 aliphatic heterocycles. The van der Waals surface area contributed by atoms with Crippen LogP contribution in [-0.2, 0) is 0 Å². The van der Waals surface area contributed by atoms with Gasteiger partial charge in [-0.25, -0.2) is 0 Å². The Balaban J connectivity index is 1.77. The van der Waals surface area contributed by atoms with Crippen molar-refractivity contribution < 1.29 is 0 Å². The first-order valence-corrected chi connectivity index (χ1v) is 8.35. The second-order valence-corrected chi connectivity index (χ2v) is 6.75. The largest absolute Gasteiger partial charge is 0.301 e. The van der Waals surface area contributed by atoms with Crippen LogP contribution >= 0.6 is 15.9 Å². The van der Waals surface area contributed by atoms with E-state index in [0.29, 0.717) is 0 Å². The third kappa shape index (κ3) is 3.68. The Morgan fingerprint density at radius 2 is 1.88 bits per heavy atom. The van der Waals surface area contributed by atoms with Crippen LogP contribution in [0.1, 0.15) is 33.1 Å². The molecule has 0 amide bonds. The van der Waals surface area contributed by atoms with E-state index >= 15 is 0 Å². The molecule has 2 saturated heterocycles. The van der Waals surface area contributed by atoms with Gasteiger partial charge in [0.05, 0.1) is 0 Å². The molecule has 2 fully saturated rings. The molecule has 0 aromatic carbocycles. The molecule has 2 aliphatic rings. The van der Waals surface area contributed by atoms with Crippen molar-refractivity contribution in [3.05, 3.63) is 0 Å². The summed E-state index contributed by atoms with van der Waals surface area (Å²) in [5.41, 5.74) is 0. The van der Waals surface area contributed by atoms with E-state index in [-0.39, 0.29) is 0 Å². The SMILES string of the molecule is CC(C)C(CBr)CN1CCC(N2CCCC2)C1. The Labute approximate surface area is 115 Å². The van der Waals surface area contributed by atoms with Crippen LogP contribution in [0.5, 0.6) is 0 Å². The first-order chi connectivity index (χ1) is 8.20. The van der Waals surface area contributed by atoms with Crippen LogP contribution in [0.4, 0.5) is 0 Å². The minimum atomic E-state index is 0.792. The Morgan fingerprint density at radius 1 is 1.18 bits per heavy atom. The maximum Gasteiger partial charge on any atom is 0.0235 e. The zero-order chi connectivity index (χ0) is 12.3. The lowest BCUT2D eigenvalue weighted by molar-refractivity contribution is 0.210. The molecule has 0 aromatic rings. The summed E-state index contributed by atoms with van der Waals surface area (Å²) in [4.78, 5) is 5.41. The minimum Gasteiger partial charge on any atom is -0.301 e. The number of likely N-dealkylation sites (tertiary alicyclic amines) is 2. The molecule has 0 N–H and O–H groups in total. The molecule has 17 heavy (non-hydrogen) atoms. The van der Waals surface area contributed by atoms with Crippen molar-refractivity contribution in [1.29, 1.82) is 0 Å². The van der Waals surface area contributed by atoms with Crippen LogP contribution in [-0.4, -0.2) is 53.9 Å². The second-order valence-electron chi connectivity index (χ2n) is 6.10. The van der Waals surface area contributed by atoms with E-state index in [9.17, 15) is 0 Å². The summed E-state index contributed by atoms with van der Waals surface area (Å²) in [6.07, 6.45) is 4.24. The quantitative estimate of drug-likeness (QED) is 0.721. The lowest BCUT2D eigenvalue weighted by atomic mass is 9.98. The van der Waals surface area contributed by atoms with Gasteiger partial charge in [-0.3, -0.25) is 4.90 Å². The molecule has 0 radical (unpaired) electrons. The lowest BCUT2D eigenvalue weighted by Crippen LogP contribution is -2.37. The van der Waals surface area contributed by atoms with Gasteiger partial charge in [0.15, 0.2) is 0 Å². The number of rotatable bonds is 5. The maximum atomic E-state index is 3.67. The van der Waals surface area contributed by atoms with Crippen molar-refractivity contribution >= 4 is 15.9 Å². The number of nitrogens with zero attached hydrogens (tertiary/aromatic N) is 2. The number of hydrogen-bond acceptors (Lipinski definition) is 2. The smallest absolute Gasteiger partial charge is 0.0235 e. The van der Waals surface area contributed by atoms with Gasteiger partial charge in [-0.05, 0) is 50.7 Å². The van der Waals surface area contributed by atoms with Crippen LogP contribution in [0, 0.1) is 11.8 Å². The van der Waals surface area contributed by atoms with Crippen LogP contribution in [0.25, 0.3) is 0 Å². The minimum absolute atomic E-state index is 0.792. The molecule has 2 atom stereocenters. The molecule has 2 unspecified atom stereocenters. The van der Waals surface area contributed by atoms with Crippen molar-refractivity contribution in [2.45, 2.75) is 39.2 Å². The Morgan fingerprint density at radius 3 is 2.47 bits per heavy atom. The predicted molar refractivity (Wildman–Crippen MR) is 77.8 cm³/mol. The molecule has 0 spiro atoms. The molecular formula is C14H27BrN2. The third-order valence-corrected chi connectivity index (χ3v) is 5.37. The van der Waals surface area contributed by atoms with E-state index < -0.39 is 0 Å². The van der Waals surface area contributed by atoms with Gasteiger partial charge in [0, 0.05) is 24.5 Å². The summed E-state index contributed by atoms with van der Waals surface area (Å²) in [6, 6.07) is 0.862. The molecule has 2 nitrogen and oxygen atoms in total. The van der Waals surface area contributed by atoms with Gasteiger partial charge < -0.3 is 4.90 Å². The normalized spacial score (nSPS) is 29.3. The highest BCUT2D eigenvalue weighted by molar-refractivity contribution is 9.09. The average molecular weight is 303 g/mol. The summed E-state index contributed by atoms with van der Waals surface area (Å²) in [5.74, 6) is 1.60. The summed E-state index contributed by atoms with van der Waals surface area (Å²) in [5, 5.41) is 1.15. The van der Waals surface area contributed by atoms with E-state index in [1.54, 1.807) is 0 Å². The highest BCUT2D eigenvalue weighted by Gasteiger charge is 2.30. The van der Waals surface area contributed by atoms with Gasteiger partial charge in [0.25, 0.3) is 0 Å². The predicted octanol–water partition coefficient (Wildman–Crippen LogP) is 2.82. The summed E-state index contributed by atoms with van der Waals surface area (Å²) in [6.45, 7) is 11.3. The molecular weight excluding hydrogens is 276 g/mol. The average Bonchev–Trinajstić information content (AvgIpc) is 2.95. The van der Waals surface area contributed by atoms with Crippen molar-refractivity contribution in [3.8, 4) is 0 Å². The van der Waals surface area contributed by atoms with E-state index in [1.165, 1.54) is 52.0 Å². The fourth-order valence-electron chi connectivity index (χ4n) is 3.15.